The Bertz CT molecular complexity index is 964. The molecule has 1 unspecified atom stereocenters. The Morgan fingerprint density at radius 3 is 2.72 bits per heavy atom. The van der Waals surface area contributed by atoms with Crippen LogP contribution in [-0.4, -0.2) is 58.7 Å². The van der Waals surface area contributed by atoms with Crippen molar-refractivity contribution in [3.8, 4) is 0 Å². The van der Waals surface area contributed by atoms with Gasteiger partial charge in [0.2, 0.25) is 0 Å². The lowest BCUT2D eigenvalue weighted by Gasteiger charge is -2.43. The van der Waals surface area contributed by atoms with Crippen molar-refractivity contribution >= 4 is 28.5 Å². The summed E-state index contributed by atoms with van der Waals surface area (Å²) in [5.41, 5.74) is 1.35. The number of likely N-dealkylation sites (tertiary alicyclic amines) is 1. The molecule has 1 aromatic carbocycles. The summed E-state index contributed by atoms with van der Waals surface area (Å²) in [5, 5.41) is 20.4. The molecule has 0 radical (unpaired) electrons. The maximum absolute atomic E-state index is 12.6. The van der Waals surface area contributed by atoms with Crippen LogP contribution in [0.5, 0.6) is 0 Å². The fourth-order valence-electron chi connectivity index (χ4n) is 5.18. The van der Waals surface area contributed by atoms with Gasteiger partial charge in [0.25, 0.3) is 0 Å². The smallest absolute Gasteiger partial charge is 0.317 e. The van der Waals surface area contributed by atoms with Crippen LogP contribution >= 0.6 is 11.6 Å². The van der Waals surface area contributed by atoms with Crippen molar-refractivity contribution < 1.29 is 14.6 Å². The molecule has 156 valence electrons. The van der Waals surface area contributed by atoms with Gasteiger partial charge in [0.1, 0.15) is 6.10 Å². The fourth-order valence-corrected chi connectivity index (χ4v) is 5.42. The van der Waals surface area contributed by atoms with Gasteiger partial charge in [0.05, 0.1) is 30.5 Å². The number of ether oxygens (including phenoxy) is 1. The third-order valence-corrected chi connectivity index (χ3v) is 7.36. The van der Waals surface area contributed by atoms with E-state index in [4.69, 9.17) is 16.3 Å². The van der Waals surface area contributed by atoms with Crippen molar-refractivity contribution in [1.29, 1.82) is 0 Å². The van der Waals surface area contributed by atoms with Crippen LogP contribution in [0.3, 0.4) is 0 Å². The average Bonchev–Trinajstić information content (AvgIpc) is 3.21. The van der Waals surface area contributed by atoms with Gasteiger partial charge in [-0.3, -0.25) is 4.68 Å². The van der Waals surface area contributed by atoms with Gasteiger partial charge in [0, 0.05) is 41.0 Å². The molecule has 2 N–H and O–H groups in total. The molecule has 2 atom stereocenters. The number of carbonyl (C=O) groups is 1. The normalized spacial score (nSPS) is 28.6. The molecule has 5 rings (SSSR count). The van der Waals surface area contributed by atoms with E-state index in [0.717, 1.165) is 29.3 Å². The summed E-state index contributed by atoms with van der Waals surface area (Å²) in [6.45, 7) is 7.60. The molecule has 0 saturated carbocycles. The van der Waals surface area contributed by atoms with Crippen molar-refractivity contribution in [1.82, 2.24) is 20.0 Å². The molecular weight excluding hydrogens is 392 g/mol. The van der Waals surface area contributed by atoms with Gasteiger partial charge in [0.15, 0.2) is 0 Å². The van der Waals surface area contributed by atoms with Crippen molar-refractivity contribution in [2.75, 3.05) is 32.8 Å². The van der Waals surface area contributed by atoms with Crippen LogP contribution in [0.2, 0.25) is 5.02 Å². The Kier molecular flexibility index (Phi) is 4.35. The summed E-state index contributed by atoms with van der Waals surface area (Å²) >= 11 is 6.25. The van der Waals surface area contributed by atoms with E-state index in [1.54, 1.807) is 0 Å². The number of hydrogen-bond acceptors (Lipinski definition) is 4. The number of amides is 2. The van der Waals surface area contributed by atoms with Crippen molar-refractivity contribution in [3.05, 3.63) is 28.9 Å². The molecule has 2 fully saturated rings. The minimum Gasteiger partial charge on any atom is -0.386 e. The molecule has 4 heterocycles. The molecule has 8 heteroatoms. The summed E-state index contributed by atoms with van der Waals surface area (Å²) in [6.07, 6.45) is 2.81. The number of hydrogen-bond donors (Lipinski definition) is 2. The van der Waals surface area contributed by atoms with Crippen molar-refractivity contribution in [2.45, 2.75) is 38.3 Å². The quantitative estimate of drug-likeness (QED) is 0.803. The molecule has 0 bridgehead atoms. The monoisotopic (exact) mass is 418 g/mol. The van der Waals surface area contributed by atoms with Crippen LogP contribution in [0.15, 0.2) is 18.3 Å². The van der Waals surface area contributed by atoms with Gasteiger partial charge < -0.3 is 20.1 Å². The number of urea groups is 1. The van der Waals surface area contributed by atoms with Crippen LogP contribution in [0, 0.1) is 11.3 Å². The van der Waals surface area contributed by atoms with Crippen LogP contribution in [0.1, 0.15) is 38.4 Å². The molecule has 1 aromatic heterocycles. The summed E-state index contributed by atoms with van der Waals surface area (Å²) in [4.78, 5) is 14.5. The topological polar surface area (TPSA) is 79.6 Å². The van der Waals surface area contributed by atoms with E-state index in [9.17, 15) is 9.90 Å². The van der Waals surface area contributed by atoms with Crippen LogP contribution < -0.4 is 5.32 Å². The molecule has 7 nitrogen and oxygen atoms in total. The molecular formula is C21H27ClN4O3. The Labute approximate surface area is 174 Å². The number of benzene rings is 1. The lowest BCUT2D eigenvalue weighted by molar-refractivity contribution is -0.0979. The molecule has 3 aliphatic heterocycles. The summed E-state index contributed by atoms with van der Waals surface area (Å²) < 4.78 is 7.24. The Morgan fingerprint density at radius 1 is 1.34 bits per heavy atom. The van der Waals surface area contributed by atoms with Gasteiger partial charge in [-0.25, -0.2) is 4.79 Å². The van der Waals surface area contributed by atoms with E-state index >= 15 is 0 Å². The van der Waals surface area contributed by atoms with Crippen molar-refractivity contribution in [2.24, 2.45) is 11.3 Å². The Balaban J connectivity index is 1.29. The number of aromatic nitrogens is 2. The zero-order valence-corrected chi connectivity index (χ0v) is 17.6. The zero-order chi connectivity index (χ0) is 20.4. The maximum atomic E-state index is 12.6. The van der Waals surface area contributed by atoms with Gasteiger partial charge in [-0.1, -0.05) is 18.5 Å². The highest BCUT2D eigenvalue weighted by Gasteiger charge is 2.50. The molecule has 0 aliphatic carbocycles. The maximum Gasteiger partial charge on any atom is 0.317 e. The number of aliphatic hydroxyl groups excluding tert-OH is 1. The molecule has 0 spiro atoms. The van der Waals surface area contributed by atoms with Gasteiger partial charge in [-0.15, -0.1) is 0 Å². The van der Waals surface area contributed by atoms with E-state index in [2.05, 4.69) is 24.3 Å². The van der Waals surface area contributed by atoms with Gasteiger partial charge in [-0.05, 0) is 37.8 Å². The van der Waals surface area contributed by atoms with E-state index in [1.165, 1.54) is 0 Å². The number of nitrogens with one attached hydrogen (secondary N) is 1. The summed E-state index contributed by atoms with van der Waals surface area (Å²) in [6, 6.07) is 3.74. The average molecular weight is 419 g/mol. The largest absolute Gasteiger partial charge is 0.386 e. The predicted octanol–water partition coefficient (Wildman–Crippen LogP) is 2.91. The third kappa shape index (κ3) is 2.86. The number of piperidine rings is 1. The molecule has 2 aromatic rings. The lowest BCUT2D eigenvalue weighted by atomic mass is 9.75. The van der Waals surface area contributed by atoms with Gasteiger partial charge in [-0.2, -0.15) is 5.10 Å². The number of halogens is 1. The van der Waals surface area contributed by atoms with E-state index in [1.807, 2.05) is 27.9 Å². The minimum absolute atomic E-state index is 0.00903. The second-order valence-electron chi connectivity index (χ2n) is 9.34. The standard InChI is InChI=1S/C21H27ClN4O3/c1-20(11-29-12-20)10-23-19(28)25-5-3-14(4-6-25)21(2)18(27)16-8-15(22)7-13-9-24-26(21)17(13)16/h7-9,14,18,27H,3-6,10-12H2,1-2H3,(H,23,28)/t18-,21?/m1/s1. The zero-order valence-electron chi connectivity index (χ0n) is 16.8. The highest BCUT2D eigenvalue weighted by Crippen LogP contribution is 2.51. The molecule has 2 amide bonds. The van der Waals surface area contributed by atoms with E-state index < -0.39 is 11.6 Å². The van der Waals surface area contributed by atoms with Gasteiger partial charge >= 0.3 is 6.03 Å². The predicted molar refractivity (Wildman–Crippen MR) is 110 cm³/mol. The van der Waals surface area contributed by atoms with Crippen LogP contribution in [-0.2, 0) is 10.3 Å². The second-order valence-corrected chi connectivity index (χ2v) is 9.78. The van der Waals surface area contributed by atoms with E-state index in [-0.39, 0.29) is 17.4 Å². The highest BCUT2D eigenvalue weighted by molar-refractivity contribution is 6.31. The first-order valence-electron chi connectivity index (χ1n) is 10.3. The van der Waals surface area contributed by atoms with E-state index in [0.29, 0.717) is 37.9 Å². The number of rotatable bonds is 3. The highest BCUT2D eigenvalue weighted by atomic mass is 35.5. The van der Waals surface area contributed by atoms with Crippen LogP contribution in [0.4, 0.5) is 4.79 Å². The third-order valence-electron chi connectivity index (χ3n) is 7.14. The lowest BCUT2D eigenvalue weighted by Crippen LogP contribution is -2.53. The number of nitrogens with zero attached hydrogens (tertiary/aromatic N) is 3. The molecule has 2 saturated heterocycles. The Morgan fingerprint density at radius 2 is 2.07 bits per heavy atom. The fraction of sp³-hybridized carbons (Fsp3) is 0.619. The first-order chi connectivity index (χ1) is 13.8. The first-order valence-corrected chi connectivity index (χ1v) is 10.7. The molecule has 3 aliphatic rings. The number of aliphatic hydroxyl groups is 1. The number of carbonyl (C=O) groups excluding carboxylic acids is 1. The summed E-state index contributed by atoms with van der Waals surface area (Å²) in [7, 11) is 0. The second kappa shape index (κ2) is 6.59. The Hall–Kier alpha value is -1.83. The van der Waals surface area contributed by atoms with Crippen LogP contribution in [0.25, 0.3) is 10.9 Å². The van der Waals surface area contributed by atoms with Crippen molar-refractivity contribution in [3.63, 3.8) is 0 Å². The first kappa shape index (κ1) is 19.2. The molecule has 29 heavy (non-hydrogen) atoms. The minimum atomic E-state index is -0.656. The SMILES string of the molecule is CC1(CNC(=O)N2CCC(C3(C)[C@H](O)c4cc(Cl)cc5cnn3c45)CC2)COC1. The summed E-state index contributed by atoms with van der Waals surface area (Å²) in [5.74, 6) is 0.216.